The van der Waals surface area contributed by atoms with Crippen molar-refractivity contribution in [1.82, 2.24) is 5.32 Å². The molecular weight excluding hydrogens is 216 g/mol. The molecule has 16 heavy (non-hydrogen) atoms. The lowest BCUT2D eigenvalue weighted by atomic mass is 10.1. The molecule has 94 valence electrons. The third-order valence-corrected chi connectivity index (χ3v) is 4.18. The van der Waals surface area contributed by atoms with Crippen molar-refractivity contribution in [3.05, 3.63) is 0 Å². The maximum atomic E-state index is 4.74. The molecule has 0 bridgehead atoms. The zero-order valence-electron chi connectivity index (χ0n) is 11.2. The maximum absolute atomic E-state index is 4.74. The summed E-state index contributed by atoms with van der Waals surface area (Å²) in [6.45, 7) is 8.94. The Bertz CT molecular complexity index is 236. The van der Waals surface area contributed by atoms with E-state index in [1.807, 2.05) is 11.8 Å². The molecule has 1 unspecified atom stereocenters. The molecule has 1 aliphatic heterocycles. The Kier molecular flexibility index (Phi) is 5.67. The van der Waals surface area contributed by atoms with Gasteiger partial charge in [0.15, 0.2) is 5.17 Å². The van der Waals surface area contributed by atoms with Gasteiger partial charge in [-0.2, -0.15) is 0 Å². The zero-order chi connectivity index (χ0) is 12.0. The topological polar surface area (TPSA) is 24.4 Å². The van der Waals surface area contributed by atoms with Gasteiger partial charge in [-0.15, -0.1) is 0 Å². The number of hydrogen-bond acceptors (Lipinski definition) is 2. The fraction of sp³-hybridized carbons (Fsp3) is 0.923. The van der Waals surface area contributed by atoms with Gasteiger partial charge in [0, 0.05) is 17.3 Å². The van der Waals surface area contributed by atoms with Crippen LogP contribution in [0.25, 0.3) is 0 Å². The fourth-order valence-corrected chi connectivity index (χ4v) is 2.98. The molecule has 1 rings (SSSR count). The summed E-state index contributed by atoms with van der Waals surface area (Å²) in [5.41, 5.74) is 0.228. The minimum Gasteiger partial charge on any atom is -0.359 e. The van der Waals surface area contributed by atoms with Crippen LogP contribution in [0.2, 0.25) is 0 Å². The first kappa shape index (κ1) is 13.9. The van der Waals surface area contributed by atoms with Gasteiger partial charge in [-0.25, -0.2) is 0 Å². The molecule has 0 aliphatic carbocycles. The van der Waals surface area contributed by atoms with E-state index in [0.29, 0.717) is 6.04 Å². The SMILES string of the molecule is CCCCCCC(C)N=C1NC(C)(C)CS1. The lowest BCUT2D eigenvalue weighted by Crippen LogP contribution is -2.37. The van der Waals surface area contributed by atoms with Crippen LogP contribution < -0.4 is 5.32 Å². The highest BCUT2D eigenvalue weighted by Crippen LogP contribution is 2.23. The van der Waals surface area contributed by atoms with Crippen molar-refractivity contribution >= 4 is 16.9 Å². The molecule has 3 heteroatoms. The van der Waals surface area contributed by atoms with Gasteiger partial charge in [0.05, 0.1) is 0 Å². The number of rotatable bonds is 6. The Labute approximate surface area is 105 Å². The van der Waals surface area contributed by atoms with Crippen LogP contribution >= 0.6 is 11.8 Å². The lowest BCUT2D eigenvalue weighted by molar-refractivity contribution is 0.531. The smallest absolute Gasteiger partial charge is 0.157 e. The van der Waals surface area contributed by atoms with Crippen LogP contribution in [-0.4, -0.2) is 22.5 Å². The monoisotopic (exact) mass is 242 g/mol. The summed E-state index contributed by atoms with van der Waals surface area (Å²) >= 11 is 1.86. The van der Waals surface area contributed by atoms with Gasteiger partial charge in [-0.1, -0.05) is 44.4 Å². The van der Waals surface area contributed by atoms with E-state index in [-0.39, 0.29) is 5.54 Å². The van der Waals surface area contributed by atoms with Crippen LogP contribution in [0.4, 0.5) is 0 Å². The van der Waals surface area contributed by atoms with Gasteiger partial charge >= 0.3 is 0 Å². The third-order valence-electron chi connectivity index (χ3n) is 2.83. The van der Waals surface area contributed by atoms with E-state index in [1.165, 1.54) is 32.1 Å². The van der Waals surface area contributed by atoms with Crippen molar-refractivity contribution in [2.45, 2.75) is 71.4 Å². The van der Waals surface area contributed by atoms with Crippen LogP contribution in [0, 0.1) is 0 Å². The summed E-state index contributed by atoms with van der Waals surface area (Å²) in [6.07, 6.45) is 6.58. The fourth-order valence-electron chi connectivity index (χ4n) is 1.81. The largest absolute Gasteiger partial charge is 0.359 e. The maximum Gasteiger partial charge on any atom is 0.157 e. The standard InChI is InChI=1S/C13H26N2S/c1-5-6-7-8-9-11(2)14-12-15-13(3,4)10-16-12/h11H,5-10H2,1-4H3,(H,14,15). The number of hydrogen-bond donors (Lipinski definition) is 1. The Hall–Kier alpha value is -0.180. The summed E-state index contributed by atoms with van der Waals surface area (Å²) in [7, 11) is 0. The molecule has 0 radical (unpaired) electrons. The van der Waals surface area contributed by atoms with Gasteiger partial charge in [0.25, 0.3) is 0 Å². The van der Waals surface area contributed by atoms with E-state index in [1.54, 1.807) is 0 Å². The van der Waals surface area contributed by atoms with E-state index >= 15 is 0 Å². The summed E-state index contributed by atoms with van der Waals surface area (Å²) in [5, 5.41) is 4.62. The van der Waals surface area contributed by atoms with E-state index in [4.69, 9.17) is 4.99 Å². The molecule has 1 atom stereocenters. The highest BCUT2D eigenvalue weighted by atomic mass is 32.2. The molecule has 1 aliphatic rings. The molecule has 0 amide bonds. The highest BCUT2D eigenvalue weighted by molar-refractivity contribution is 8.14. The van der Waals surface area contributed by atoms with Gasteiger partial charge < -0.3 is 5.32 Å². The molecule has 2 nitrogen and oxygen atoms in total. The van der Waals surface area contributed by atoms with Crippen LogP contribution in [0.15, 0.2) is 4.99 Å². The summed E-state index contributed by atoms with van der Waals surface area (Å²) in [4.78, 5) is 4.74. The number of thioether (sulfide) groups is 1. The quantitative estimate of drug-likeness (QED) is 0.716. The molecule has 0 spiro atoms. The predicted molar refractivity (Wildman–Crippen MR) is 75.3 cm³/mol. The molecule has 1 saturated heterocycles. The van der Waals surface area contributed by atoms with Crippen LogP contribution in [-0.2, 0) is 0 Å². The number of nitrogens with one attached hydrogen (secondary N) is 1. The zero-order valence-corrected chi connectivity index (χ0v) is 12.0. The molecule has 1 N–H and O–H groups in total. The van der Waals surface area contributed by atoms with Crippen molar-refractivity contribution in [1.29, 1.82) is 0 Å². The van der Waals surface area contributed by atoms with E-state index < -0.39 is 0 Å². The van der Waals surface area contributed by atoms with Gasteiger partial charge in [-0.3, -0.25) is 4.99 Å². The first-order chi connectivity index (χ1) is 7.53. The van der Waals surface area contributed by atoms with Crippen LogP contribution in [0.1, 0.15) is 59.8 Å². The molecule has 1 fully saturated rings. The van der Waals surface area contributed by atoms with Crippen molar-refractivity contribution in [3.8, 4) is 0 Å². The normalized spacial score (nSPS) is 23.4. The molecule has 0 aromatic carbocycles. The average molecular weight is 242 g/mol. The Morgan fingerprint density at radius 1 is 1.38 bits per heavy atom. The average Bonchev–Trinajstić information content (AvgIpc) is 2.53. The molecule has 0 aromatic heterocycles. The second-order valence-corrected chi connectivity index (χ2v) is 6.39. The van der Waals surface area contributed by atoms with Gasteiger partial charge in [0.2, 0.25) is 0 Å². The molecule has 1 heterocycles. The summed E-state index contributed by atoms with van der Waals surface area (Å²) in [6, 6.07) is 0.473. The molecule has 0 saturated carbocycles. The van der Waals surface area contributed by atoms with Crippen molar-refractivity contribution < 1.29 is 0 Å². The molecular formula is C13H26N2S. The molecule has 0 aromatic rings. The van der Waals surface area contributed by atoms with Crippen LogP contribution in [0.3, 0.4) is 0 Å². The number of nitrogens with zero attached hydrogens (tertiary/aromatic N) is 1. The first-order valence-electron chi connectivity index (χ1n) is 6.52. The Balaban J connectivity index is 2.23. The number of amidine groups is 1. The van der Waals surface area contributed by atoms with Crippen LogP contribution in [0.5, 0.6) is 0 Å². The van der Waals surface area contributed by atoms with E-state index in [0.717, 1.165) is 10.9 Å². The summed E-state index contributed by atoms with van der Waals surface area (Å²) < 4.78 is 0. The lowest BCUT2D eigenvalue weighted by Gasteiger charge is -2.16. The Morgan fingerprint density at radius 2 is 2.12 bits per heavy atom. The van der Waals surface area contributed by atoms with Crippen molar-refractivity contribution in [2.75, 3.05) is 5.75 Å². The Morgan fingerprint density at radius 3 is 2.69 bits per heavy atom. The summed E-state index contributed by atoms with van der Waals surface area (Å²) in [5.74, 6) is 1.13. The van der Waals surface area contributed by atoms with Crippen molar-refractivity contribution in [3.63, 3.8) is 0 Å². The van der Waals surface area contributed by atoms with E-state index in [9.17, 15) is 0 Å². The minimum atomic E-state index is 0.228. The van der Waals surface area contributed by atoms with E-state index in [2.05, 4.69) is 33.0 Å². The first-order valence-corrected chi connectivity index (χ1v) is 7.51. The van der Waals surface area contributed by atoms with Gasteiger partial charge in [0.1, 0.15) is 0 Å². The number of unbranched alkanes of at least 4 members (excludes halogenated alkanes) is 3. The van der Waals surface area contributed by atoms with Gasteiger partial charge in [-0.05, 0) is 27.2 Å². The predicted octanol–water partition coefficient (Wildman–Crippen LogP) is 3.82. The second kappa shape index (κ2) is 6.53. The number of aliphatic imine (C=N–C) groups is 1. The highest BCUT2D eigenvalue weighted by Gasteiger charge is 2.27. The minimum absolute atomic E-state index is 0.228. The second-order valence-electron chi connectivity index (χ2n) is 5.43. The van der Waals surface area contributed by atoms with Crippen molar-refractivity contribution in [2.24, 2.45) is 4.99 Å². The third kappa shape index (κ3) is 5.24.